The van der Waals surface area contributed by atoms with Gasteiger partial charge < -0.3 is 4.65 Å². The first-order chi connectivity index (χ1) is 3.13. The van der Waals surface area contributed by atoms with Crippen molar-refractivity contribution in [2.45, 2.75) is 13.7 Å². The Kier molecular flexibility index (Phi) is 2.41. The van der Waals surface area contributed by atoms with Crippen molar-refractivity contribution in [3.8, 4) is 0 Å². The zero-order valence-corrected chi connectivity index (χ0v) is 4.27. The summed E-state index contributed by atoms with van der Waals surface area (Å²) in [6, 6.07) is 0. The molecule has 0 saturated heterocycles. The smallest absolute Gasteiger partial charge is 0.507 e. The van der Waals surface area contributed by atoms with Crippen LogP contribution >= 0.6 is 0 Å². The second kappa shape index (κ2) is 2.61. The molecule has 7 heavy (non-hydrogen) atoms. The van der Waals surface area contributed by atoms with E-state index in [0.29, 0.717) is 0 Å². The molecule has 0 aromatic rings. The van der Waals surface area contributed by atoms with Crippen LogP contribution in [-0.2, 0) is 9.45 Å². The molecule has 0 fully saturated rings. The van der Waals surface area contributed by atoms with E-state index < -0.39 is 13.2 Å². The molecular weight excluding hydrogens is 97.8 g/mol. The van der Waals surface area contributed by atoms with Crippen molar-refractivity contribution in [1.29, 1.82) is 0 Å². The highest BCUT2D eigenvalue weighted by molar-refractivity contribution is 6.44. The predicted octanol–water partition coefficient (Wildman–Crippen LogP) is 0.637. The van der Waals surface area contributed by atoms with Crippen LogP contribution in [0.1, 0.15) is 6.92 Å². The maximum absolute atomic E-state index is 11.5. The average Bonchev–Trinajstić information content (AvgIpc) is 1.27. The SMILES string of the molecule is CB(F)OC(C)=O. The third-order valence-corrected chi connectivity index (χ3v) is 0.328. The Bertz CT molecular complexity index is 73.3. The van der Waals surface area contributed by atoms with Crippen molar-refractivity contribution in [1.82, 2.24) is 0 Å². The van der Waals surface area contributed by atoms with Gasteiger partial charge in [-0.3, -0.25) is 9.11 Å². The van der Waals surface area contributed by atoms with Crippen LogP contribution in [0.4, 0.5) is 4.32 Å². The van der Waals surface area contributed by atoms with E-state index >= 15 is 0 Å². The molecular formula is C3H6BFO2. The Labute approximate surface area is 41.8 Å². The van der Waals surface area contributed by atoms with E-state index in [1.165, 1.54) is 0 Å². The quantitative estimate of drug-likeness (QED) is 0.456. The van der Waals surface area contributed by atoms with Crippen LogP contribution in [0.5, 0.6) is 0 Å². The summed E-state index contributed by atoms with van der Waals surface area (Å²) in [6.07, 6.45) is 0. The molecule has 0 radical (unpaired) electrons. The van der Waals surface area contributed by atoms with Gasteiger partial charge in [0.15, 0.2) is 0 Å². The maximum atomic E-state index is 11.5. The summed E-state index contributed by atoms with van der Waals surface area (Å²) >= 11 is 0. The highest BCUT2D eigenvalue weighted by Gasteiger charge is 2.08. The first-order valence-corrected chi connectivity index (χ1v) is 1.94. The fourth-order valence-electron chi connectivity index (χ4n) is 0.229. The second-order valence-electron chi connectivity index (χ2n) is 1.15. The van der Waals surface area contributed by atoms with Crippen molar-refractivity contribution in [3.63, 3.8) is 0 Å². The summed E-state index contributed by atoms with van der Waals surface area (Å²) in [4.78, 5) is 9.79. The van der Waals surface area contributed by atoms with Gasteiger partial charge in [0.25, 0.3) is 5.97 Å². The Balaban J connectivity index is 3.13. The van der Waals surface area contributed by atoms with Crippen LogP contribution in [0.15, 0.2) is 0 Å². The van der Waals surface area contributed by atoms with Gasteiger partial charge in [-0.15, -0.1) is 0 Å². The lowest BCUT2D eigenvalue weighted by Gasteiger charge is -1.94. The molecule has 0 spiro atoms. The maximum Gasteiger partial charge on any atom is 0.563 e. The summed E-state index contributed by atoms with van der Waals surface area (Å²) in [5.41, 5.74) is 0. The molecule has 0 aliphatic carbocycles. The largest absolute Gasteiger partial charge is 0.563 e. The Morgan fingerprint density at radius 1 is 1.86 bits per heavy atom. The normalized spacial score (nSPS) is 7.86. The van der Waals surface area contributed by atoms with Gasteiger partial charge in [-0.05, 0) is 6.82 Å². The molecule has 0 heterocycles. The summed E-state index contributed by atoms with van der Waals surface area (Å²) in [5, 5.41) is 0. The molecule has 0 aromatic heterocycles. The van der Waals surface area contributed by atoms with E-state index in [1.54, 1.807) is 0 Å². The third kappa shape index (κ3) is 5.46. The van der Waals surface area contributed by atoms with Gasteiger partial charge in [-0.2, -0.15) is 0 Å². The van der Waals surface area contributed by atoms with Crippen LogP contribution in [-0.4, -0.2) is 13.2 Å². The van der Waals surface area contributed by atoms with Crippen molar-refractivity contribution in [2.24, 2.45) is 0 Å². The summed E-state index contributed by atoms with van der Waals surface area (Å²) < 4.78 is 15.5. The molecule has 0 aliphatic heterocycles. The lowest BCUT2D eigenvalue weighted by atomic mass is 10.0. The van der Waals surface area contributed by atoms with E-state index in [2.05, 4.69) is 4.65 Å². The van der Waals surface area contributed by atoms with E-state index in [1.807, 2.05) is 0 Å². The molecule has 0 bridgehead atoms. The van der Waals surface area contributed by atoms with Gasteiger partial charge in [0, 0.05) is 6.92 Å². The molecule has 0 N–H and O–H groups in total. The van der Waals surface area contributed by atoms with E-state index in [4.69, 9.17) is 0 Å². The molecule has 4 heteroatoms. The Hall–Kier alpha value is -0.535. The van der Waals surface area contributed by atoms with Crippen LogP contribution in [0.25, 0.3) is 0 Å². The fraction of sp³-hybridized carbons (Fsp3) is 0.667. The molecule has 2 nitrogen and oxygen atoms in total. The fourth-order valence-corrected chi connectivity index (χ4v) is 0.229. The molecule has 0 atom stereocenters. The van der Waals surface area contributed by atoms with Crippen LogP contribution < -0.4 is 0 Å². The van der Waals surface area contributed by atoms with Gasteiger partial charge in [0.2, 0.25) is 0 Å². The average molecular weight is 104 g/mol. The topological polar surface area (TPSA) is 26.3 Å². The molecule has 0 rings (SSSR count). The van der Waals surface area contributed by atoms with Gasteiger partial charge in [-0.1, -0.05) is 0 Å². The highest BCUT2D eigenvalue weighted by Crippen LogP contribution is 1.84. The summed E-state index contributed by atoms with van der Waals surface area (Å²) in [6.45, 7) is 2.32. The number of halogens is 1. The Morgan fingerprint density at radius 2 is 2.29 bits per heavy atom. The second-order valence-corrected chi connectivity index (χ2v) is 1.15. The highest BCUT2D eigenvalue weighted by atomic mass is 19.1. The minimum atomic E-state index is -1.47. The van der Waals surface area contributed by atoms with Crippen molar-refractivity contribution in [3.05, 3.63) is 0 Å². The number of rotatable bonds is 1. The lowest BCUT2D eigenvalue weighted by molar-refractivity contribution is -0.132. The minimum absolute atomic E-state index is 0.588. The molecule has 40 valence electrons. The van der Waals surface area contributed by atoms with Gasteiger partial charge in [-0.25, -0.2) is 0 Å². The first-order valence-electron chi connectivity index (χ1n) is 1.94. The summed E-state index contributed by atoms with van der Waals surface area (Å²) in [7, 11) is -1.47. The molecule has 0 amide bonds. The summed E-state index contributed by atoms with van der Waals surface area (Å²) in [5.74, 6) is -0.588. The predicted molar refractivity (Wildman–Crippen MR) is 24.5 cm³/mol. The zero-order chi connectivity index (χ0) is 5.86. The minimum Gasteiger partial charge on any atom is -0.507 e. The van der Waals surface area contributed by atoms with Crippen LogP contribution in [0.3, 0.4) is 0 Å². The number of carbonyl (C=O) groups is 1. The number of carbonyl (C=O) groups excluding carboxylic acids is 1. The Morgan fingerprint density at radius 3 is 2.29 bits per heavy atom. The van der Waals surface area contributed by atoms with Gasteiger partial charge in [0.05, 0.1) is 0 Å². The van der Waals surface area contributed by atoms with E-state index in [9.17, 15) is 9.11 Å². The van der Waals surface area contributed by atoms with Crippen LogP contribution in [0, 0.1) is 0 Å². The van der Waals surface area contributed by atoms with Crippen LogP contribution in [0.2, 0.25) is 6.82 Å². The van der Waals surface area contributed by atoms with Gasteiger partial charge in [0.1, 0.15) is 0 Å². The number of hydrogen-bond donors (Lipinski definition) is 0. The van der Waals surface area contributed by atoms with Crippen molar-refractivity contribution >= 4 is 13.2 Å². The molecule has 0 aliphatic rings. The molecule has 0 aromatic carbocycles. The van der Waals surface area contributed by atoms with Crippen molar-refractivity contribution < 1.29 is 13.8 Å². The standard InChI is InChI=1S/C3H6BFO2/c1-3(6)7-4(2)5/h1-2H3. The third-order valence-electron chi connectivity index (χ3n) is 0.328. The van der Waals surface area contributed by atoms with Gasteiger partial charge >= 0.3 is 7.19 Å². The molecule has 0 unspecified atom stereocenters. The van der Waals surface area contributed by atoms with E-state index in [0.717, 1.165) is 13.7 Å². The molecule has 0 saturated carbocycles. The first kappa shape index (κ1) is 6.46. The van der Waals surface area contributed by atoms with Crippen molar-refractivity contribution in [2.75, 3.05) is 0 Å². The monoisotopic (exact) mass is 104 g/mol. The van der Waals surface area contributed by atoms with E-state index in [-0.39, 0.29) is 0 Å². The lowest BCUT2D eigenvalue weighted by Crippen LogP contribution is -2.09. The zero-order valence-electron chi connectivity index (χ0n) is 4.27. The number of hydrogen-bond acceptors (Lipinski definition) is 2.